The smallest absolute Gasteiger partial charge is 0.260 e. The largest absolute Gasteiger partial charge is 0.331 e. The summed E-state index contributed by atoms with van der Waals surface area (Å²) in [6.07, 6.45) is 3.41. The topological polar surface area (TPSA) is 53.2 Å². The molecule has 1 aromatic heterocycles. The Morgan fingerprint density at radius 2 is 2.14 bits per heavy atom. The SMILES string of the molecule is O=C(c1ccc[nH]c1=O)N1CCC[C@@H]1c1cccc(Br)c1. The Morgan fingerprint density at radius 1 is 1.29 bits per heavy atom. The molecule has 0 unspecified atom stereocenters. The summed E-state index contributed by atoms with van der Waals surface area (Å²) in [5.74, 6) is -0.195. The molecule has 1 fully saturated rings. The summed E-state index contributed by atoms with van der Waals surface area (Å²) in [4.78, 5) is 28.8. The quantitative estimate of drug-likeness (QED) is 0.908. The van der Waals surface area contributed by atoms with E-state index in [0.29, 0.717) is 6.54 Å². The molecule has 1 amide bonds. The molecule has 108 valence electrons. The molecule has 1 aliphatic heterocycles. The third-order valence-corrected chi connectivity index (χ3v) is 4.29. The number of hydrogen-bond acceptors (Lipinski definition) is 2. The molecule has 21 heavy (non-hydrogen) atoms. The number of hydrogen-bond donors (Lipinski definition) is 1. The highest BCUT2D eigenvalue weighted by Crippen LogP contribution is 2.33. The Kier molecular flexibility index (Phi) is 3.92. The Hall–Kier alpha value is -1.88. The van der Waals surface area contributed by atoms with E-state index in [2.05, 4.69) is 20.9 Å². The zero-order valence-electron chi connectivity index (χ0n) is 11.4. The lowest BCUT2D eigenvalue weighted by Crippen LogP contribution is -2.34. The number of carbonyl (C=O) groups is 1. The van der Waals surface area contributed by atoms with Gasteiger partial charge in [-0.2, -0.15) is 0 Å². The van der Waals surface area contributed by atoms with Gasteiger partial charge in [0.05, 0.1) is 6.04 Å². The van der Waals surface area contributed by atoms with E-state index in [-0.39, 0.29) is 23.1 Å². The summed E-state index contributed by atoms with van der Waals surface area (Å²) in [5.41, 5.74) is 0.976. The Labute approximate surface area is 130 Å². The van der Waals surface area contributed by atoms with Crippen LogP contribution in [-0.4, -0.2) is 22.3 Å². The number of amides is 1. The number of aromatic nitrogens is 1. The van der Waals surface area contributed by atoms with E-state index < -0.39 is 0 Å². The van der Waals surface area contributed by atoms with E-state index in [1.807, 2.05) is 24.3 Å². The van der Waals surface area contributed by atoms with Gasteiger partial charge in [0, 0.05) is 17.2 Å². The number of rotatable bonds is 2. The van der Waals surface area contributed by atoms with Gasteiger partial charge in [0.25, 0.3) is 11.5 Å². The maximum atomic E-state index is 12.6. The van der Waals surface area contributed by atoms with Crippen LogP contribution in [-0.2, 0) is 0 Å². The molecule has 1 aromatic carbocycles. The second-order valence-corrected chi connectivity index (χ2v) is 6.04. The zero-order valence-corrected chi connectivity index (χ0v) is 13.0. The first-order valence-electron chi connectivity index (χ1n) is 6.91. The summed E-state index contributed by atoms with van der Waals surface area (Å²) in [7, 11) is 0. The molecule has 1 saturated heterocycles. The number of H-pyrrole nitrogens is 1. The number of pyridine rings is 1. The van der Waals surface area contributed by atoms with Gasteiger partial charge >= 0.3 is 0 Å². The zero-order chi connectivity index (χ0) is 14.8. The normalized spacial score (nSPS) is 18.0. The van der Waals surface area contributed by atoms with Crippen LogP contribution in [0.1, 0.15) is 34.8 Å². The predicted octanol–water partition coefficient (Wildman–Crippen LogP) is 3.11. The number of halogens is 1. The minimum Gasteiger partial charge on any atom is -0.331 e. The van der Waals surface area contributed by atoms with E-state index >= 15 is 0 Å². The number of likely N-dealkylation sites (tertiary alicyclic amines) is 1. The van der Waals surface area contributed by atoms with Crippen molar-refractivity contribution in [1.29, 1.82) is 0 Å². The second-order valence-electron chi connectivity index (χ2n) is 5.12. The van der Waals surface area contributed by atoms with Crippen LogP contribution in [0.15, 0.2) is 51.9 Å². The first-order chi connectivity index (χ1) is 10.2. The third kappa shape index (κ3) is 2.78. The molecule has 0 spiro atoms. The van der Waals surface area contributed by atoms with Crippen LogP contribution in [0, 0.1) is 0 Å². The van der Waals surface area contributed by atoms with Crippen molar-refractivity contribution in [3.8, 4) is 0 Å². The molecule has 5 heteroatoms. The number of nitrogens with zero attached hydrogens (tertiary/aromatic N) is 1. The Balaban J connectivity index is 1.93. The van der Waals surface area contributed by atoms with Crippen molar-refractivity contribution < 1.29 is 4.79 Å². The van der Waals surface area contributed by atoms with Gasteiger partial charge in [0.1, 0.15) is 5.56 Å². The van der Waals surface area contributed by atoms with Crippen molar-refractivity contribution in [2.75, 3.05) is 6.54 Å². The van der Waals surface area contributed by atoms with Crippen LogP contribution in [0.25, 0.3) is 0 Å². The summed E-state index contributed by atoms with van der Waals surface area (Å²) in [5, 5.41) is 0. The van der Waals surface area contributed by atoms with Gasteiger partial charge in [-0.05, 0) is 42.7 Å². The van der Waals surface area contributed by atoms with Crippen LogP contribution < -0.4 is 5.56 Å². The van der Waals surface area contributed by atoms with Crippen molar-refractivity contribution in [3.05, 3.63) is 68.5 Å². The molecule has 0 aliphatic carbocycles. The van der Waals surface area contributed by atoms with Gasteiger partial charge in [-0.1, -0.05) is 28.1 Å². The molecular formula is C16H15BrN2O2. The van der Waals surface area contributed by atoms with Crippen molar-refractivity contribution in [1.82, 2.24) is 9.88 Å². The van der Waals surface area contributed by atoms with Crippen LogP contribution in [0.3, 0.4) is 0 Å². The highest BCUT2D eigenvalue weighted by Gasteiger charge is 2.31. The summed E-state index contributed by atoms with van der Waals surface area (Å²) in [6.45, 7) is 0.685. The number of nitrogens with one attached hydrogen (secondary N) is 1. The third-order valence-electron chi connectivity index (χ3n) is 3.80. The van der Waals surface area contributed by atoms with E-state index in [9.17, 15) is 9.59 Å². The molecule has 2 aromatic rings. The fraction of sp³-hybridized carbons (Fsp3) is 0.250. The molecule has 1 N–H and O–H groups in total. The standard InChI is InChI=1S/C16H15BrN2O2/c17-12-5-1-4-11(10-12)14-7-3-9-19(14)16(21)13-6-2-8-18-15(13)20/h1-2,4-6,8,10,14H,3,7,9H2,(H,18,20)/t14-/m1/s1. The molecule has 2 heterocycles. The first-order valence-corrected chi connectivity index (χ1v) is 7.70. The van der Waals surface area contributed by atoms with Crippen LogP contribution in [0.4, 0.5) is 0 Å². The van der Waals surface area contributed by atoms with Crippen molar-refractivity contribution in [2.45, 2.75) is 18.9 Å². The molecule has 0 radical (unpaired) electrons. The Bertz CT molecular complexity index is 726. The van der Waals surface area contributed by atoms with Crippen LogP contribution >= 0.6 is 15.9 Å². The van der Waals surface area contributed by atoms with E-state index in [1.54, 1.807) is 17.0 Å². The summed E-state index contributed by atoms with van der Waals surface area (Å²) < 4.78 is 0.997. The number of benzene rings is 1. The van der Waals surface area contributed by atoms with Crippen molar-refractivity contribution in [3.63, 3.8) is 0 Å². The van der Waals surface area contributed by atoms with Gasteiger partial charge in [-0.25, -0.2) is 0 Å². The van der Waals surface area contributed by atoms with Gasteiger partial charge < -0.3 is 9.88 Å². The number of carbonyl (C=O) groups excluding carboxylic acids is 1. The van der Waals surface area contributed by atoms with Crippen LogP contribution in [0.2, 0.25) is 0 Å². The minimum atomic E-state index is -0.331. The van der Waals surface area contributed by atoms with Crippen molar-refractivity contribution >= 4 is 21.8 Å². The first kappa shape index (κ1) is 14.1. The molecule has 1 atom stereocenters. The fourth-order valence-corrected chi connectivity index (χ4v) is 3.23. The number of aromatic amines is 1. The molecule has 3 rings (SSSR count). The highest BCUT2D eigenvalue weighted by molar-refractivity contribution is 9.10. The lowest BCUT2D eigenvalue weighted by molar-refractivity contribution is 0.0734. The predicted molar refractivity (Wildman–Crippen MR) is 84.2 cm³/mol. The maximum Gasteiger partial charge on any atom is 0.260 e. The minimum absolute atomic E-state index is 0.0367. The van der Waals surface area contributed by atoms with E-state index in [4.69, 9.17) is 0 Å². The average molecular weight is 347 g/mol. The van der Waals surface area contributed by atoms with E-state index in [0.717, 1.165) is 22.9 Å². The average Bonchev–Trinajstić information content (AvgIpc) is 2.96. The Morgan fingerprint density at radius 3 is 2.90 bits per heavy atom. The molecule has 0 saturated carbocycles. The molecule has 0 bridgehead atoms. The lowest BCUT2D eigenvalue weighted by atomic mass is 10.0. The van der Waals surface area contributed by atoms with Gasteiger partial charge in [-0.3, -0.25) is 9.59 Å². The monoisotopic (exact) mass is 346 g/mol. The molecule has 4 nitrogen and oxygen atoms in total. The summed E-state index contributed by atoms with van der Waals surface area (Å²) >= 11 is 3.46. The van der Waals surface area contributed by atoms with Gasteiger partial charge in [0.15, 0.2) is 0 Å². The van der Waals surface area contributed by atoms with Gasteiger partial charge in [0.2, 0.25) is 0 Å². The lowest BCUT2D eigenvalue weighted by Gasteiger charge is -2.25. The molecular weight excluding hydrogens is 332 g/mol. The van der Waals surface area contributed by atoms with Gasteiger partial charge in [-0.15, -0.1) is 0 Å². The summed E-state index contributed by atoms with van der Waals surface area (Å²) in [6, 6.07) is 11.3. The highest BCUT2D eigenvalue weighted by atomic mass is 79.9. The van der Waals surface area contributed by atoms with E-state index in [1.165, 1.54) is 6.20 Å². The fourth-order valence-electron chi connectivity index (χ4n) is 2.81. The molecule has 1 aliphatic rings. The maximum absolute atomic E-state index is 12.6. The second kappa shape index (κ2) is 5.85. The van der Waals surface area contributed by atoms with Crippen molar-refractivity contribution in [2.24, 2.45) is 0 Å². The van der Waals surface area contributed by atoms with Crippen LogP contribution in [0.5, 0.6) is 0 Å².